The van der Waals surface area contributed by atoms with Gasteiger partial charge in [0, 0.05) is 6.42 Å². The molecule has 0 saturated heterocycles. The number of nitrogens with two attached hydrogens (primary N) is 1. The highest BCUT2D eigenvalue weighted by Gasteiger charge is 2.26. The lowest BCUT2D eigenvalue weighted by Gasteiger charge is -2.21. The fourth-order valence-electron chi connectivity index (χ4n) is 2.30. The Morgan fingerprint density at radius 1 is 1.12 bits per heavy atom. The number of amides is 2. The van der Waals surface area contributed by atoms with E-state index in [1.807, 2.05) is 49.5 Å². The first-order chi connectivity index (χ1) is 11.8. The van der Waals surface area contributed by atoms with Crippen LogP contribution in [0.1, 0.15) is 32.3 Å². The molecular weight excluding hydrogens is 325 g/mol. The number of benzene rings is 1. The van der Waals surface area contributed by atoms with Gasteiger partial charge in [0.25, 0.3) is 0 Å². The molecule has 0 radical (unpaired) electrons. The van der Waals surface area contributed by atoms with Crippen LogP contribution in [0.15, 0.2) is 30.3 Å². The van der Waals surface area contributed by atoms with Gasteiger partial charge in [-0.2, -0.15) is 0 Å². The van der Waals surface area contributed by atoms with E-state index < -0.39 is 29.9 Å². The normalized spacial score (nSPS) is 13.2. The third kappa shape index (κ3) is 7.89. The lowest BCUT2D eigenvalue weighted by atomic mass is 10.0. The molecule has 138 valence electrons. The molecule has 7 heteroatoms. The molecule has 1 aromatic carbocycles. The molecule has 0 aliphatic heterocycles. The number of ketones is 1. The molecule has 0 fully saturated rings. The summed E-state index contributed by atoms with van der Waals surface area (Å²) in [4.78, 5) is 35.4. The fraction of sp³-hybridized carbons (Fsp3) is 0.500. The summed E-state index contributed by atoms with van der Waals surface area (Å²) in [7, 11) is 0. The number of Topliss-reactive ketones (excluding diaryl/α,β-unsaturated/α-hetero) is 1. The van der Waals surface area contributed by atoms with Gasteiger partial charge in [-0.1, -0.05) is 44.2 Å². The average Bonchev–Trinajstić information content (AvgIpc) is 2.59. The molecule has 0 spiro atoms. The van der Waals surface area contributed by atoms with Crippen LogP contribution >= 0.6 is 0 Å². The zero-order valence-electron chi connectivity index (χ0n) is 14.6. The number of hydrogen-bond donors (Lipinski definition) is 3. The maximum Gasteiger partial charge on any atom is 0.245 e. The Morgan fingerprint density at radius 3 is 2.32 bits per heavy atom. The number of hydrogen-bond acceptors (Lipinski definition) is 4. The minimum absolute atomic E-state index is 0.0184. The van der Waals surface area contributed by atoms with Crippen LogP contribution in [0.5, 0.6) is 0 Å². The van der Waals surface area contributed by atoms with Crippen molar-refractivity contribution >= 4 is 17.6 Å². The Labute approximate surface area is 147 Å². The quantitative estimate of drug-likeness (QED) is 0.549. The lowest BCUT2D eigenvalue weighted by molar-refractivity contribution is -0.134. The molecule has 0 aliphatic rings. The Bertz CT molecular complexity index is 578. The maximum absolute atomic E-state index is 14.0. The SMILES string of the molecule is CC(C)C[C@H](NC(=O)CN)C(=O)NC(F)C(=O)CCc1ccccc1. The Balaban J connectivity index is 2.55. The third-order valence-electron chi connectivity index (χ3n) is 3.60. The van der Waals surface area contributed by atoms with Crippen LogP contribution < -0.4 is 16.4 Å². The van der Waals surface area contributed by atoms with Crippen molar-refractivity contribution in [3.63, 3.8) is 0 Å². The monoisotopic (exact) mass is 351 g/mol. The Morgan fingerprint density at radius 2 is 1.76 bits per heavy atom. The maximum atomic E-state index is 14.0. The minimum Gasteiger partial charge on any atom is -0.343 e. The molecule has 0 heterocycles. The second-order valence-corrected chi connectivity index (χ2v) is 6.28. The zero-order valence-corrected chi connectivity index (χ0v) is 14.6. The summed E-state index contributed by atoms with van der Waals surface area (Å²) in [6, 6.07) is 8.31. The van der Waals surface area contributed by atoms with Crippen LogP contribution in [0.2, 0.25) is 0 Å². The molecule has 4 N–H and O–H groups in total. The van der Waals surface area contributed by atoms with Gasteiger partial charge < -0.3 is 16.4 Å². The van der Waals surface area contributed by atoms with E-state index in [-0.39, 0.29) is 18.9 Å². The summed E-state index contributed by atoms with van der Waals surface area (Å²) in [5.74, 6) is -1.84. The van der Waals surface area contributed by atoms with Crippen molar-refractivity contribution in [2.24, 2.45) is 11.7 Å². The molecule has 0 bridgehead atoms. The van der Waals surface area contributed by atoms with E-state index in [0.717, 1.165) is 5.56 Å². The molecule has 0 saturated carbocycles. The van der Waals surface area contributed by atoms with Crippen molar-refractivity contribution in [3.05, 3.63) is 35.9 Å². The molecule has 6 nitrogen and oxygen atoms in total. The van der Waals surface area contributed by atoms with Crippen molar-refractivity contribution in [1.82, 2.24) is 10.6 Å². The summed E-state index contributed by atoms with van der Waals surface area (Å²) < 4.78 is 14.0. The second-order valence-electron chi connectivity index (χ2n) is 6.28. The molecule has 1 aromatic rings. The van der Waals surface area contributed by atoms with E-state index in [0.29, 0.717) is 12.8 Å². The largest absolute Gasteiger partial charge is 0.343 e. The van der Waals surface area contributed by atoms with Crippen LogP contribution in [0.4, 0.5) is 4.39 Å². The topological polar surface area (TPSA) is 101 Å². The Hall–Kier alpha value is -2.28. The standard InChI is InChI=1S/C18H26FN3O3/c1-12(2)10-14(21-16(24)11-20)18(25)22-17(19)15(23)9-8-13-6-4-3-5-7-13/h3-7,12,14,17H,8-11,20H2,1-2H3,(H,21,24)(H,22,25)/t14-,17?/m0/s1. The van der Waals surface area contributed by atoms with Crippen LogP contribution in [-0.2, 0) is 20.8 Å². The number of carbonyl (C=O) groups is 3. The van der Waals surface area contributed by atoms with Crippen LogP contribution in [-0.4, -0.2) is 36.5 Å². The number of halogens is 1. The van der Waals surface area contributed by atoms with Crippen molar-refractivity contribution in [2.75, 3.05) is 6.54 Å². The highest BCUT2D eigenvalue weighted by Crippen LogP contribution is 2.08. The predicted octanol–water partition coefficient (Wildman–Crippen LogP) is 1.09. The zero-order chi connectivity index (χ0) is 18.8. The van der Waals surface area contributed by atoms with Crippen molar-refractivity contribution < 1.29 is 18.8 Å². The number of rotatable bonds is 10. The van der Waals surface area contributed by atoms with Gasteiger partial charge in [-0.3, -0.25) is 14.4 Å². The second kappa shape index (κ2) is 10.6. The van der Waals surface area contributed by atoms with E-state index in [1.165, 1.54) is 0 Å². The van der Waals surface area contributed by atoms with E-state index >= 15 is 0 Å². The summed E-state index contributed by atoms with van der Waals surface area (Å²) in [6.45, 7) is 3.47. The highest BCUT2D eigenvalue weighted by atomic mass is 19.1. The summed E-state index contributed by atoms with van der Waals surface area (Å²) in [6.07, 6.45) is -1.39. The van der Waals surface area contributed by atoms with Gasteiger partial charge in [0.15, 0.2) is 5.78 Å². The number of alkyl halides is 1. The molecule has 0 aromatic heterocycles. The molecule has 2 atom stereocenters. The first-order valence-electron chi connectivity index (χ1n) is 8.34. The lowest BCUT2D eigenvalue weighted by Crippen LogP contribution is -2.52. The number of aryl methyl sites for hydroxylation is 1. The molecule has 1 unspecified atom stereocenters. The molecule has 1 rings (SSSR count). The fourth-order valence-corrected chi connectivity index (χ4v) is 2.30. The number of carbonyl (C=O) groups excluding carboxylic acids is 3. The first-order valence-corrected chi connectivity index (χ1v) is 8.34. The number of nitrogens with one attached hydrogen (secondary N) is 2. The van der Waals surface area contributed by atoms with Gasteiger partial charge in [0.2, 0.25) is 18.1 Å². The minimum atomic E-state index is -2.10. The Kier molecular flexibility index (Phi) is 8.77. The third-order valence-corrected chi connectivity index (χ3v) is 3.60. The van der Waals surface area contributed by atoms with E-state index in [9.17, 15) is 18.8 Å². The summed E-state index contributed by atoms with van der Waals surface area (Å²) in [5, 5.41) is 4.49. The van der Waals surface area contributed by atoms with Gasteiger partial charge in [0.1, 0.15) is 6.04 Å². The smallest absolute Gasteiger partial charge is 0.245 e. The van der Waals surface area contributed by atoms with E-state index in [1.54, 1.807) is 0 Å². The van der Waals surface area contributed by atoms with Gasteiger partial charge in [-0.15, -0.1) is 0 Å². The average molecular weight is 351 g/mol. The van der Waals surface area contributed by atoms with Crippen LogP contribution in [0.25, 0.3) is 0 Å². The van der Waals surface area contributed by atoms with Gasteiger partial charge in [-0.05, 0) is 24.3 Å². The highest BCUT2D eigenvalue weighted by molar-refractivity contribution is 5.92. The first kappa shape index (κ1) is 20.8. The van der Waals surface area contributed by atoms with Gasteiger partial charge in [-0.25, -0.2) is 4.39 Å². The van der Waals surface area contributed by atoms with E-state index in [4.69, 9.17) is 5.73 Å². The van der Waals surface area contributed by atoms with Crippen molar-refractivity contribution in [3.8, 4) is 0 Å². The van der Waals surface area contributed by atoms with Crippen molar-refractivity contribution in [1.29, 1.82) is 0 Å². The van der Waals surface area contributed by atoms with E-state index in [2.05, 4.69) is 5.32 Å². The predicted molar refractivity (Wildman–Crippen MR) is 93.2 cm³/mol. The van der Waals surface area contributed by atoms with Crippen LogP contribution in [0, 0.1) is 5.92 Å². The van der Waals surface area contributed by atoms with Crippen LogP contribution in [0.3, 0.4) is 0 Å². The molecule has 0 aliphatic carbocycles. The molecular formula is C18H26FN3O3. The molecule has 25 heavy (non-hydrogen) atoms. The summed E-state index contributed by atoms with van der Waals surface area (Å²) >= 11 is 0. The van der Waals surface area contributed by atoms with Gasteiger partial charge in [0.05, 0.1) is 6.54 Å². The molecule has 2 amide bonds. The summed E-state index contributed by atoms with van der Waals surface area (Å²) in [5.41, 5.74) is 6.14. The van der Waals surface area contributed by atoms with Gasteiger partial charge >= 0.3 is 0 Å². The van der Waals surface area contributed by atoms with Crippen molar-refractivity contribution in [2.45, 2.75) is 45.4 Å².